The Balaban J connectivity index is 1.47. The van der Waals surface area contributed by atoms with Gasteiger partial charge in [-0.2, -0.15) is 0 Å². The molecule has 9 heteroatoms. The number of hydrogen-bond donors (Lipinski definition) is 2. The number of urea groups is 2. The first-order chi connectivity index (χ1) is 15.2. The van der Waals surface area contributed by atoms with Crippen molar-refractivity contribution in [1.29, 1.82) is 0 Å². The van der Waals surface area contributed by atoms with Crippen LogP contribution in [0.3, 0.4) is 0 Å². The molecular formula is C22H25N5O4. The Bertz CT molecular complexity index is 916. The molecule has 2 aliphatic rings. The monoisotopic (exact) mass is 423 g/mol. The van der Waals surface area contributed by atoms with Crippen molar-refractivity contribution in [2.75, 3.05) is 50.0 Å². The second-order valence-corrected chi connectivity index (χ2v) is 7.25. The summed E-state index contributed by atoms with van der Waals surface area (Å²) in [6.45, 7) is 3.87. The molecule has 2 aliphatic heterocycles. The molecule has 4 rings (SSSR count). The van der Waals surface area contributed by atoms with E-state index in [0.717, 1.165) is 13.1 Å². The lowest BCUT2D eigenvalue weighted by Crippen LogP contribution is -2.42. The summed E-state index contributed by atoms with van der Waals surface area (Å²) in [5.41, 5.74) is 1.26. The lowest BCUT2D eigenvalue weighted by atomic mass is 10.3. The summed E-state index contributed by atoms with van der Waals surface area (Å²) in [4.78, 5) is 32.9. The van der Waals surface area contributed by atoms with E-state index < -0.39 is 12.1 Å². The highest BCUT2D eigenvalue weighted by molar-refractivity contribution is 6.06. The minimum atomic E-state index is -0.606. The average molecular weight is 423 g/mol. The van der Waals surface area contributed by atoms with Gasteiger partial charge in [0.15, 0.2) is 0 Å². The van der Waals surface area contributed by atoms with E-state index >= 15 is 0 Å². The van der Waals surface area contributed by atoms with Crippen LogP contribution in [0.15, 0.2) is 65.7 Å². The average Bonchev–Trinajstić information content (AvgIpc) is 3.18. The van der Waals surface area contributed by atoms with Crippen molar-refractivity contribution in [3.63, 3.8) is 0 Å². The van der Waals surface area contributed by atoms with E-state index in [1.165, 1.54) is 4.90 Å². The van der Waals surface area contributed by atoms with Crippen LogP contribution in [0.4, 0.5) is 21.0 Å². The highest BCUT2D eigenvalue weighted by Gasteiger charge is 2.36. The Labute approximate surface area is 180 Å². The molecule has 0 radical (unpaired) electrons. The molecule has 1 atom stereocenters. The van der Waals surface area contributed by atoms with Crippen LogP contribution in [0.2, 0.25) is 0 Å². The van der Waals surface area contributed by atoms with Gasteiger partial charge in [0.25, 0.3) is 0 Å². The molecule has 0 saturated carbocycles. The predicted octanol–water partition coefficient (Wildman–Crippen LogP) is 2.84. The third-order valence-corrected chi connectivity index (χ3v) is 4.95. The molecular weight excluding hydrogens is 398 g/mol. The maximum Gasteiger partial charge on any atom is 0.349 e. The second-order valence-electron chi connectivity index (χ2n) is 7.25. The lowest BCUT2D eigenvalue weighted by Gasteiger charge is -2.28. The van der Waals surface area contributed by atoms with Crippen LogP contribution in [-0.2, 0) is 9.47 Å². The van der Waals surface area contributed by atoms with E-state index in [2.05, 4.69) is 20.5 Å². The number of amidine groups is 1. The molecule has 0 spiro atoms. The smallest absolute Gasteiger partial charge is 0.349 e. The van der Waals surface area contributed by atoms with Crippen molar-refractivity contribution in [3.05, 3.63) is 60.7 Å². The fourth-order valence-electron chi connectivity index (χ4n) is 3.43. The molecule has 4 amide bonds. The standard InChI is InChI=1S/C22H25N5O4/c28-20(23-17-7-3-1-4-8-17)25-22-27(21(29)24-18-9-5-2-6-10-18)16-19(31-22)15-26-11-13-30-14-12-26/h1-10,19H,11-16H2,(H,23,28)(H,24,29)/b25-22+. The SMILES string of the molecule is O=C(/N=C1/OC(CN2CCOCC2)CN1C(=O)Nc1ccccc1)Nc1ccccc1. The normalized spacial score (nSPS) is 20.3. The summed E-state index contributed by atoms with van der Waals surface area (Å²) in [7, 11) is 0. The molecule has 2 saturated heterocycles. The summed E-state index contributed by atoms with van der Waals surface area (Å²) >= 11 is 0. The molecule has 2 N–H and O–H groups in total. The third-order valence-electron chi connectivity index (χ3n) is 4.95. The summed E-state index contributed by atoms with van der Waals surface area (Å²) in [5, 5.41) is 5.50. The van der Waals surface area contributed by atoms with Gasteiger partial charge in [0.05, 0.1) is 19.8 Å². The highest BCUT2D eigenvalue weighted by atomic mass is 16.5. The van der Waals surface area contributed by atoms with E-state index in [4.69, 9.17) is 9.47 Å². The number of para-hydroxylation sites is 2. The lowest BCUT2D eigenvalue weighted by molar-refractivity contribution is 0.0219. The largest absolute Gasteiger partial charge is 0.458 e. The Hall–Kier alpha value is -3.43. The van der Waals surface area contributed by atoms with E-state index in [9.17, 15) is 9.59 Å². The first-order valence-corrected chi connectivity index (χ1v) is 10.2. The molecule has 2 aromatic rings. The molecule has 2 heterocycles. The Kier molecular flexibility index (Phi) is 6.75. The van der Waals surface area contributed by atoms with Gasteiger partial charge in [0.1, 0.15) is 6.10 Å². The van der Waals surface area contributed by atoms with Gasteiger partial charge in [0, 0.05) is 31.0 Å². The zero-order valence-electron chi connectivity index (χ0n) is 17.1. The van der Waals surface area contributed by atoms with E-state index in [-0.39, 0.29) is 12.1 Å². The van der Waals surface area contributed by atoms with Gasteiger partial charge < -0.3 is 20.1 Å². The maximum atomic E-state index is 12.9. The number of amides is 4. The van der Waals surface area contributed by atoms with Crippen LogP contribution < -0.4 is 10.6 Å². The number of nitrogens with zero attached hydrogens (tertiary/aromatic N) is 3. The van der Waals surface area contributed by atoms with Gasteiger partial charge in [-0.15, -0.1) is 4.99 Å². The van der Waals surface area contributed by atoms with E-state index in [1.54, 1.807) is 24.3 Å². The molecule has 0 aromatic heterocycles. The molecule has 162 valence electrons. The maximum absolute atomic E-state index is 12.9. The quantitative estimate of drug-likeness (QED) is 0.789. The number of anilines is 2. The minimum absolute atomic E-state index is 0.0138. The molecule has 1 unspecified atom stereocenters. The van der Waals surface area contributed by atoms with Gasteiger partial charge in [-0.3, -0.25) is 4.90 Å². The first-order valence-electron chi connectivity index (χ1n) is 10.2. The number of carbonyl (C=O) groups is 2. The fourth-order valence-corrected chi connectivity index (χ4v) is 3.43. The summed E-state index contributed by atoms with van der Waals surface area (Å²) in [6.07, 6.45) is -0.289. The topological polar surface area (TPSA) is 95.5 Å². The fraction of sp³-hybridized carbons (Fsp3) is 0.318. The van der Waals surface area contributed by atoms with Crippen molar-refractivity contribution in [1.82, 2.24) is 9.80 Å². The Morgan fingerprint density at radius 1 is 0.935 bits per heavy atom. The predicted molar refractivity (Wildman–Crippen MR) is 117 cm³/mol. The van der Waals surface area contributed by atoms with Crippen molar-refractivity contribution < 1.29 is 19.1 Å². The molecule has 9 nitrogen and oxygen atoms in total. The Morgan fingerprint density at radius 2 is 1.55 bits per heavy atom. The van der Waals surface area contributed by atoms with Gasteiger partial charge in [0.2, 0.25) is 0 Å². The first kappa shape index (κ1) is 20.8. The van der Waals surface area contributed by atoms with Crippen LogP contribution in [0.25, 0.3) is 0 Å². The van der Waals surface area contributed by atoms with Crippen LogP contribution in [-0.4, -0.2) is 73.4 Å². The molecule has 2 fully saturated rings. The Morgan fingerprint density at radius 3 is 2.19 bits per heavy atom. The van der Waals surface area contributed by atoms with Crippen LogP contribution in [0.1, 0.15) is 0 Å². The molecule has 0 bridgehead atoms. The van der Waals surface area contributed by atoms with E-state index in [0.29, 0.717) is 37.7 Å². The van der Waals surface area contributed by atoms with E-state index in [1.807, 2.05) is 36.4 Å². The van der Waals surface area contributed by atoms with Crippen molar-refractivity contribution in [3.8, 4) is 0 Å². The number of aliphatic imine (C=N–C) groups is 1. The number of morpholine rings is 1. The number of rotatable bonds is 4. The van der Waals surface area contributed by atoms with Crippen molar-refractivity contribution in [2.45, 2.75) is 6.10 Å². The number of carbonyl (C=O) groups excluding carboxylic acids is 2. The summed E-state index contributed by atoms with van der Waals surface area (Å²) in [6, 6.07) is 17.1. The summed E-state index contributed by atoms with van der Waals surface area (Å²) in [5.74, 6) is 0. The molecule has 31 heavy (non-hydrogen) atoms. The van der Waals surface area contributed by atoms with Crippen molar-refractivity contribution in [2.24, 2.45) is 4.99 Å². The van der Waals surface area contributed by atoms with Gasteiger partial charge in [-0.05, 0) is 24.3 Å². The van der Waals surface area contributed by atoms with Crippen LogP contribution in [0, 0.1) is 0 Å². The van der Waals surface area contributed by atoms with Gasteiger partial charge >= 0.3 is 18.1 Å². The van der Waals surface area contributed by atoms with Crippen molar-refractivity contribution >= 4 is 29.5 Å². The number of benzene rings is 2. The van der Waals surface area contributed by atoms with Gasteiger partial charge in [-0.25, -0.2) is 14.5 Å². The number of hydrogen-bond acceptors (Lipinski definition) is 5. The minimum Gasteiger partial charge on any atom is -0.458 e. The third kappa shape index (κ3) is 5.80. The second kappa shape index (κ2) is 10.1. The number of nitrogens with one attached hydrogen (secondary N) is 2. The zero-order valence-corrected chi connectivity index (χ0v) is 17.1. The highest BCUT2D eigenvalue weighted by Crippen LogP contribution is 2.17. The summed E-state index contributed by atoms with van der Waals surface area (Å²) < 4.78 is 11.3. The van der Waals surface area contributed by atoms with Crippen LogP contribution in [0.5, 0.6) is 0 Å². The van der Waals surface area contributed by atoms with Crippen LogP contribution >= 0.6 is 0 Å². The zero-order chi connectivity index (χ0) is 21.5. The number of ether oxygens (including phenoxy) is 2. The van der Waals surface area contributed by atoms with Gasteiger partial charge in [-0.1, -0.05) is 36.4 Å². The molecule has 0 aliphatic carbocycles. The molecule has 2 aromatic carbocycles.